The van der Waals surface area contributed by atoms with Gasteiger partial charge in [0.1, 0.15) is 0 Å². The van der Waals surface area contributed by atoms with Gasteiger partial charge in [0.25, 0.3) is 0 Å². The quantitative estimate of drug-likeness (QED) is 0.545. The fourth-order valence-corrected chi connectivity index (χ4v) is 1.13. The van der Waals surface area contributed by atoms with Crippen LogP contribution in [-0.4, -0.2) is 23.7 Å². The lowest BCUT2D eigenvalue weighted by Crippen LogP contribution is -2.30. The number of hydrogen-bond acceptors (Lipinski definition) is 3. The Morgan fingerprint density at radius 3 is 2.77 bits per heavy atom. The summed E-state index contributed by atoms with van der Waals surface area (Å²) in [5, 5.41) is 21.0. The molecule has 0 heterocycles. The molecule has 1 rings (SSSR count). The molecule has 13 heavy (non-hydrogen) atoms. The highest BCUT2D eigenvalue weighted by Crippen LogP contribution is 1.96. The van der Waals surface area contributed by atoms with Crippen LogP contribution in [-0.2, 0) is 6.54 Å². The Bertz CT molecular complexity index is 266. The van der Waals surface area contributed by atoms with Gasteiger partial charge in [0.05, 0.1) is 0 Å². The van der Waals surface area contributed by atoms with Crippen molar-refractivity contribution in [1.82, 2.24) is 5.32 Å². The van der Waals surface area contributed by atoms with Gasteiger partial charge in [0, 0.05) is 6.54 Å². The SMILES string of the molecule is CCNCc1cccc(B(O)O)c1. The van der Waals surface area contributed by atoms with Crippen molar-refractivity contribution in [3.05, 3.63) is 29.8 Å². The highest BCUT2D eigenvalue weighted by molar-refractivity contribution is 6.58. The van der Waals surface area contributed by atoms with E-state index >= 15 is 0 Å². The van der Waals surface area contributed by atoms with E-state index in [0.29, 0.717) is 5.46 Å². The first-order chi connectivity index (χ1) is 6.24. The zero-order valence-corrected chi connectivity index (χ0v) is 7.70. The minimum Gasteiger partial charge on any atom is -0.423 e. The Balaban J connectivity index is 2.68. The molecule has 0 aromatic heterocycles. The van der Waals surface area contributed by atoms with E-state index in [1.807, 2.05) is 19.1 Å². The summed E-state index contributed by atoms with van der Waals surface area (Å²) < 4.78 is 0. The Hall–Kier alpha value is -0.835. The van der Waals surface area contributed by atoms with Crippen LogP contribution >= 0.6 is 0 Å². The number of nitrogens with one attached hydrogen (secondary N) is 1. The summed E-state index contributed by atoms with van der Waals surface area (Å²) >= 11 is 0. The van der Waals surface area contributed by atoms with Gasteiger partial charge in [-0.05, 0) is 17.6 Å². The number of benzene rings is 1. The second-order valence-electron chi connectivity index (χ2n) is 2.90. The number of rotatable bonds is 4. The molecule has 70 valence electrons. The first-order valence-electron chi connectivity index (χ1n) is 4.39. The molecule has 0 aliphatic heterocycles. The molecule has 1 aromatic rings. The lowest BCUT2D eigenvalue weighted by Gasteiger charge is -2.04. The minimum absolute atomic E-state index is 0.537. The van der Waals surface area contributed by atoms with Crippen molar-refractivity contribution in [2.45, 2.75) is 13.5 Å². The fourth-order valence-electron chi connectivity index (χ4n) is 1.13. The van der Waals surface area contributed by atoms with E-state index in [1.54, 1.807) is 12.1 Å². The van der Waals surface area contributed by atoms with Gasteiger partial charge in [0.15, 0.2) is 0 Å². The highest BCUT2D eigenvalue weighted by atomic mass is 16.4. The van der Waals surface area contributed by atoms with Crippen molar-refractivity contribution in [3.8, 4) is 0 Å². The molecule has 0 spiro atoms. The van der Waals surface area contributed by atoms with Gasteiger partial charge in [-0.2, -0.15) is 0 Å². The molecule has 0 amide bonds. The fraction of sp³-hybridized carbons (Fsp3) is 0.333. The highest BCUT2D eigenvalue weighted by Gasteiger charge is 2.09. The summed E-state index contributed by atoms with van der Waals surface area (Å²) in [6.07, 6.45) is 0. The Labute approximate surface area is 78.6 Å². The molecule has 0 fully saturated rings. The molecule has 3 nitrogen and oxygen atoms in total. The largest absolute Gasteiger partial charge is 0.488 e. The van der Waals surface area contributed by atoms with Crippen LogP contribution in [0.5, 0.6) is 0 Å². The van der Waals surface area contributed by atoms with E-state index in [0.717, 1.165) is 18.7 Å². The maximum absolute atomic E-state index is 8.91. The van der Waals surface area contributed by atoms with Crippen molar-refractivity contribution in [3.63, 3.8) is 0 Å². The number of hydrogen-bond donors (Lipinski definition) is 3. The minimum atomic E-state index is -1.37. The summed E-state index contributed by atoms with van der Waals surface area (Å²) in [5.41, 5.74) is 1.60. The molecular formula is C9H14BNO2. The summed E-state index contributed by atoms with van der Waals surface area (Å²) in [6, 6.07) is 7.25. The molecule has 3 N–H and O–H groups in total. The van der Waals surface area contributed by atoms with Gasteiger partial charge in [0.2, 0.25) is 0 Å². The van der Waals surface area contributed by atoms with Crippen molar-refractivity contribution in [1.29, 1.82) is 0 Å². The van der Waals surface area contributed by atoms with E-state index in [2.05, 4.69) is 5.32 Å². The summed E-state index contributed by atoms with van der Waals surface area (Å²) in [5.74, 6) is 0. The maximum Gasteiger partial charge on any atom is 0.488 e. The smallest absolute Gasteiger partial charge is 0.423 e. The average molecular weight is 179 g/mol. The lowest BCUT2D eigenvalue weighted by atomic mass is 9.80. The predicted octanol–water partition coefficient (Wildman–Crippen LogP) is -0.524. The second-order valence-corrected chi connectivity index (χ2v) is 2.90. The third-order valence-electron chi connectivity index (χ3n) is 1.83. The zero-order chi connectivity index (χ0) is 9.68. The molecule has 4 heteroatoms. The standard InChI is InChI=1S/C9H14BNO2/c1-2-11-7-8-4-3-5-9(6-8)10(12)13/h3-6,11-13H,2,7H2,1H3. The van der Waals surface area contributed by atoms with Crippen LogP contribution in [0.2, 0.25) is 0 Å². The Morgan fingerprint density at radius 1 is 1.38 bits per heavy atom. The van der Waals surface area contributed by atoms with Crippen molar-refractivity contribution in [2.75, 3.05) is 6.54 Å². The molecule has 0 aliphatic carbocycles. The molecule has 0 bridgehead atoms. The maximum atomic E-state index is 8.91. The summed E-state index contributed by atoms with van der Waals surface area (Å²) in [6.45, 7) is 3.70. The molecule has 0 radical (unpaired) electrons. The molecule has 1 aromatic carbocycles. The van der Waals surface area contributed by atoms with Gasteiger partial charge in [-0.25, -0.2) is 0 Å². The van der Waals surface area contributed by atoms with E-state index in [4.69, 9.17) is 10.0 Å². The third-order valence-corrected chi connectivity index (χ3v) is 1.83. The first-order valence-corrected chi connectivity index (χ1v) is 4.39. The summed E-state index contributed by atoms with van der Waals surface area (Å²) in [4.78, 5) is 0. The molecule has 0 saturated heterocycles. The van der Waals surface area contributed by atoms with Crippen LogP contribution in [0.1, 0.15) is 12.5 Å². The normalized spacial score (nSPS) is 10.1. The molecule has 0 unspecified atom stereocenters. The Kier molecular flexibility index (Phi) is 3.95. The summed E-state index contributed by atoms with van der Waals surface area (Å²) in [7, 11) is -1.37. The van der Waals surface area contributed by atoms with Gasteiger partial charge < -0.3 is 15.4 Å². The molecule has 0 aliphatic rings. The monoisotopic (exact) mass is 179 g/mol. The van der Waals surface area contributed by atoms with Crippen molar-refractivity contribution in [2.24, 2.45) is 0 Å². The average Bonchev–Trinajstić information content (AvgIpc) is 2.15. The predicted molar refractivity (Wildman–Crippen MR) is 53.6 cm³/mol. The van der Waals surface area contributed by atoms with Gasteiger partial charge in [-0.1, -0.05) is 31.2 Å². The van der Waals surface area contributed by atoms with Crippen LogP contribution in [0.15, 0.2) is 24.3 Å². The van der Waals surface area contributed by atoms with Crippen molar-refractivity contribution >= 4 is 12.6 Å². The van der Waals surface area contributed by atoms with Crippen LogP contribution in [0.3, 0.4) is 0 Å². The van der Waals surface area contributed by atoms with Crippen LogP contribution in [0.25, 0.3) is 0 Å². The van der Waals surface area contributed by atoms with E-state index in [1.165, 1.54) is 0 Å². The van der Waals surface area contributed by atoms with Gasteiger partial charge in [-0.3, -0.25) is 0 Å². The van der Waals surface area contributed by atoms with Crippen LogP contribution < -0.4 is 10.8 Å². The van der Waals surface area contributed by atoms with Crippen molar-refractivity contribution < 1.29 is 10.0 Å². The van der Waals surface area contributed by atoms with E-state index in [-0.39, 0.29) is 0 Å². The third kappa shape index (κ3) is 3.18. The van der Waals surface area contributed by atoms with E-state index < -0.39 is 7.12 Å². The lowest BCUT2D eigenvalue weighted by molar-refractivity contribution is 0.425. The molecular weight excluding hydrogens is 165 g/mol. The van der Waals surface area contributed by atoms with Crippen LogP contribution in [0, 0.1) is 0 Å². The van der Waals surface area contributed by atoms with Gasteiger partial charge >= 0.3 is 7.12 Å². The molecule has 0 saturated carbocycles. The van der Waals surface area contributed by atoms with Crippen LogP contribution in [0.4, 0.5) is 0 Å². The first kappa shape index (κ1) is 10.2. The Morgan fingerprint density at radius 2 is 2.15 bits per heavy atom. The topological polar surface area (TPSA) is 52.5 Å². The molecule has 0 atom stereocenters. The zero-order valence-electron chi connectivity index (χ0n) is 7.70. The van der Waals surface area contributed by atoms with Gasteiger partial charge in [-0.15, -0.1) is 0 Å². The van der Waals surface area contributed by atoms with E-state index in [9.17, 15) is 0 Å². The second kappa shape index (κ2) is 5.02.